The SMILES string of the molecule is CC(=O)O.CC=CC/C=C/CCCCCCCCO. The zero-order valence-corrected chi connectivity index (χ0v) is 12.5. The van der Waals surface area contributed by atoms with E-state index in [1.54, 1.807) is 0 Å². The van der Waals surface area contributed by atoms with Crippen molar-refractivity contribution in [2.45, 2.75) is 65.2 Å². The number of hydrogen-bond acceptors (Lipinski definition) is 2. The first kappa shape index (κ1) is 20.2. The van der Waals surface area contributed by atoms with Crippen LogP contribution in [0.2, 0.25) is 0 Å². The van der Waals surface area contributed by atoms with Crippen LogP contribution in [0.3, 0.4) is 0 Å². The maximum absolute atomic E-state index is 9.00. The van der Waals surface area contributed by atoms with Crippen molar-refractivity contribution < 1.29 is 15.0 Å². The Morgan fingerprint density at radius 2 is 1.47 bits per heavy atom. The van der Waals surface area contributed by atoms with Crippen LogP contribution in [0.5, 0.6) is 0 Å². The van der Waals surface area contributed by atoms with Crippen LogP contribution in [-0.4, -0.2) is 22.8 Å². The molecule has 0 saturated heterocycles. The van der Waals surface area contributed by atoms with Gasteiger partial charge in [-0.2, -0.15) is 0 Å². The Morgan fingerprint density at radius 1 is 0.947 bits per heavy atom. The fourth-order valence-corrected chi connectivity index (χ4v) is 1.51. The Bertz CT molecular complexity index is 228. The summed E-state index contributed by atoms with van der Waals surface area (Å²) >= 11 is 0. The molecular weight excluding hydrogens is 240 g/mol. The number of rotatable bonds is 10. The normalized spacial score (nSPS) is 10.7. The maximum atomic E-state index is 9.00. The number of allylic oxidation sites excluding steroid dienone is 4. The standard InChI is InChI=1S/C14H26O.C2H4O2/c1-2-3-4-5-6-7-8-9-10-11-12-13-14-15;1-2(3)4/h2-3,5-6,15H,4,7-14H2,1H3;1H3,(H,3,4)/b3-2?,6-5+;. The number of aliphatic hydroxyl groups is 1. The van der Waals surface area contributed by atoms with Crippen molar-refractivity contribution in [3.8, 4) is 0 Å². The first-order chi connectivity index (χ1) is 9.15. The second-order valence-electron chi connectivity index (χ2n) is 4.43. The predicted molar refractivity (Wildman–Crippen MR) is 81.3 cm³/mol. The monoisotopic (exact) mass is 270 g/mol. The lowest BCUT2D eigenvalue weighted by atomic mass is 10.1. The molecule has 0 aromatic heterocycles. The molecule has 2 N–H and O–H groups in total. The Kier molecular flexibility index (Phi) is 20.5. The van der Waals surface area contributed by atoms with E-state index >= 15 is 0 Å². The molecule has 3 nitrogen and oxygen atoms in total. The molecule has 19 heavy (non-hydrogen) atoms. The molecule has 112 valence electrons. The summed E-state index contributed by atoms with van der Waals surface area (Å²) in [6, 6.07) is 0. The fourth-order valence-electron chi connectivity index (χ4n) is 1.51. The van der Waals surface area contributed by atoms with Crippen molar-refractivity contribution in [1.82, 2.24) is 0 Å². The molecule has 0 aliphatic heterocycles. The first-order valence-corrected chi connectivity index (χ1v) is 7.21. The molecule has 0 fully saturated rings. The van der Waals surface area contributed by atoms with E-state index in [2.05, 4.69) is 31.2 Å². The van der Waals surface area contributed by atoms with Crippen molar-refractivity contribution in [1.29, 1.82) is 0 Å². The minimum absolute atomic E-state index is 0.355. The number of carboxylic acid groups (broad SMARTS) is 1. The average molecular weight is 270 g/mol. The van der Waals surface area contributed by atoms with E-state index in [9.17, 15) is 0 Å². The molecule has 0 bridgehead atoms. The minimum Gasteiger partial charge on any atom is -0.481 e. The van der Waals surface area contributed by atoms with Gasteiger partial charge in [0.25, 0.3) is 5.97 Å². The highest BCUT2D eigenvalue weighted by atomic mass is 16.4. The Balaban J connectivity index is 0. The zero-order valence-electron chi connectivity index (χ0n) is 12.5. The lowest BCUT2D eigenvalue weighted by Crippen LogP contribution is -1.83. The topological polar surface area (TPSA) is 57.5 Å². The molecule has 0 aromatic rings. The number of carbonyl (C=O) groups is 1. The number of hydrogen-bond donors (Lipinski definition) is 2. The second-order valence-corrected chi connectivity index (χ2v) is 4.43. The minimum atomic E-state index is -0.833. The number of carboxylic acids is 1. The average Bonchev–Trinajstić information content (AvgIpc) is 2.35. The van der Waals surface area contributed by atoms with Crippen LogP contribution in [-0.2, 0) is 4.79 Å². The predicted octanol–water partition coefficient (Wildman–Crippen LogP) is 4.32. The lowest BCUT2D eigenvalue weighted by molar-refractivity contribution is -0.134. The van der Waals surface area contributed by atoms with E-state index in [-0.39, 0.29) is 0 Å². The van der Waals surface area contributed by atoms with Gasteiger partial charge in [-0.15, -0.1) is 0 Å². The molecule has 0 rings (SSSR count). The summed E-state index contributed by atoms with van der Waals surface area (Å²) in [7, 11) is 0. The highest BCUT2D eigenvalue weighted by Gasteiger charge is 1.89. The van der Waals surface area contributed by atoms with E-state index < -0.39 is 5.97 Å². The van der Waals surface area contributed by atoms with Crippen LogP contribution in [0.15, 0.2) is 24.3 Å². The van der Waals surface area contributed by atoms with Gasteiger partial charge in [-0.25, -0.2) is 0 Å². The van der Waals surface area contributed by atoms with Gasteiger partial charge in [0.15, 0.2) is 0 Å². The van der Waals surface area contributed by atoms with Crippen LogP contribution in [0.25, 0.3) is 0 Å². The molecule has 0 unspecified atom stereocenters. The van der Waals surface area contributed by atoms with Gasteiger partial charge in [-0.05, 0) is 32.6 Å². The van der Waals surface area contributed by atoms with E-state index in [0.717, 1.165) is 19.8 Å². The summed E-state index contributed by atoms with van der Waals surface area (Å²) in [5.74, 6) is -0.833. The van der Waals surface area contributed by atoms with Gasteiger partial charge >= 0.3 is 0 Å². The van der Waals surface area contributed by atoms with Gasteiger partial charge in [0.05, 0.1) is 0 Å². The van der Waals surface area contributed by atoms with Gasteiger partial charge in [-0.3, -0.25) is 4.79 Å². The molecule has 0 heterocycles. The molecule has 0 spiro atoms. The van der Waals surface area contributed by atoms with Crippen molar-refractivity contribution in [2.75, 3.05) is 6.61 Å². The first-order valence-electron chi connectivity index (χ1n) is 7.21. The van der Waals surface area contributed by atoms with E-state index in [1.165, 1.54) is 38.5 Å². The largest absolute Gasteiger partial charge is 0.481 e. The summed E-state index contributed by atoms with van der Waals surface area (Å²) in [6.07, 6.45) is 18.5. The van der Waals surface area contributed by atoms with Gasteiger partial charge < -0.3 is 10.2 Å². The number of unbranched alkanes of at least 4 members (excludes halogenated alkanes) is 6. The quantitative estimate of drug-likeness (QED) is 0.459. The Hall–Kier alpha value is -1.09. The van der Waals surface area contributed by atoms with Crippen molar-refractivity contribution in [3.63, 3.8) is 0 Å². The lowest BCUT2D eigenvalue weighted by Gasteiger charge is -1.98. The molecule has 0 amide bonds. The molecule has 3 heteroatoms. The smallest absolute Gasteiger partial charge is 0.300 e. The van der Waals surface area contributed by atoms with Gasteiger partial charge in [-0.1, -0.05) is 50.0 Å². The van der Waals surface area contributed by atoms with Gasteiger partial charge in [0.1, 0.15) is 0 Å². The fraction of sp³-hybridized carbons (Fsp3) is 0.688. The van der Waals surface area contributed by atoms with Crippen molar-refractivity contribution in [2.24, 2.45) is 0 Å². The third kappa shape index (κ3) is 31.6. The summed E-state index contributed by atoms with van der Waals surface area (Å²) < 4.78 is 0. The van der Waals surface area contributed by atoms with Gasteiger partial charge in [0, 0.05) is 13.5 Å². The van der Waals surface area contributed by atoms with Crippen LogP contribution in [0.4, 0.5) is 0 Å². The highest BCUT2D eigenvalue weighted by molar-refractivity contribution is 5.62. The Morgan fingerprint density at radius 3 is 2.00 bits per heavy atom. The number of aliphatic hydroxyl groups excluding tert-OH is 1. The van der Waals surface area contributed by atoms with Crippen LogP contribution < -0.4 is 0 Å². The van der Waals surface area contributed by atoms with Crippen LogP contribution in [0.1, 0.15) is 65.2 Å². The summed E-state index contributed by atoms with van der Waals surface area (Å²) in [6.45, 7) is 3.49. The molecule has 0 aliphatic rings. The summed E-state index contributed by atoms with van der Waals surface area (Å²) in [4.78, 5) is 9.00. The van der Waals surface area contributed by atoms with Crippen molar-refractivity contribution in [3.05, 3.63) is 24.3 Å². The van der Waals surface area contributed by atoms with Crippen molar-refractivity contribution >= 4 is 5.97 Å². The molecular formula is C16H30O3. The molecule has 0 aromatic carbocycles. The molecule has 0 saturated carbocycles. The third-order valence-corrected chi connectivity index (χ3v) is 2.45. The Labute approximate surface area is 118 Å². The van der Waals surface area contributed by atoms with E-state index in [1.807, 2.05) is 0 Å². The zero-order chi connectivity index (χ0) is 14.8. The second kappa shape index (κ2) is 19.3. The summed E-state index contributed by atoms with van der Waals surface area (Å²) in [5, 5.41) is 16.0. The maximum Gasteiger partial charge on any atom is 0.300 e. The van der Waals surface area contributed by atoms with E-state index in [4.69, 9.17) is 15.0 Å². The molecule has 0 aliphatic carbocycles. The summed E-state index contributed by atoms with van der Waals surface area (Å²) in [5.41, 5.74) is 0. The highest BCUT2D eigenvalue weighted by Crippen LogP contribution is 2.07. The van der Waals surface area contributed by atoms with Crippen LogP contribution >= 0.6 is 0 Å². The van der Waals surface area contributed by atoms with Crippen LogP contribution in [0, 0.1) is 0 Å². The van der Waals surface area contributed by atoms with E-state index in [0.29, 0.717) is 6.61 Å². The third-order valence-electron chi connectivity index (χ3n) is 2.45. The molecule has 0 radical (unpaired) electrons. The van der Waals surface area contributed by atoms with Gasteiger partial charge in [0.2, 0.25) is 0 Å². The molecule has 0 atom stereocenters. The number of aliphatic carboxylic acids is 1.